The molecule has 1 fully saturated rings. The van der Waals surface area contributed by atoms with E-state index in [1.807, 2.05) is 12.1 Å². The average Bonchev–Trinajstić information content (AvgIpc) is 2.26. The van der Waals surface area contributed by atoms with E-state index in [1.165, 1.54) is 24.0 Å². The smallest absolute Gasteiger partial charge is 0.238 e. The van der Waals surface area contributed by atoms with Crippen LogP contribution in [0.4, 0.5) is 5.69 Å². The van der Waals surface area contributed by atoms with Gasteiger partial charge in [0.15, 0.2) is 0 Å². The van der Waals surface area contributed by atoms with Gasteiger partial charge in [-0.1, -0.05) is 13.0 Å². The van der Waals surface area contributed by atoms with Crippen LogP contribution in [0.1, 0.15) is 30.9 Å². The molecular formula is C16H24N2O. The standard InChI is InChI=1S/C16H24N2O/c1-12-5-4-6-18(10-12)11-16(19)17-15-8-13(2)7-14(3)9-15/h7-9,12H,4-6,10-11H2,1-3H3,(H,17,19)/t12-/m0/s1. The number of likely N-dealkylation sites (tertiary alicyclic amines) is 1. The first kappa shape index (κ1) is 14.1. The van der Waals surface area contributed by atoms with Crippen LogP contribution in [0.15, 0.2) is 18.2 Å². The number of benzene rings is 1. The largest absolute Gasteiger partial charge is 0.325 e. The summed E-state index contributed by atoms with van der Waals surface area (Å²) in [6, 6.07) is 6.15. The van der Waals surface area contributed by atoms with Crippen molar-refractivity contribution >= 4 is 11.6 Å². The number of carbonyl (C=O) groups is 1. The molecule has 0 aliphatic carbocycles. The molecule has 1 N–H and O–H groups in total. The topological polar surface area (TPSA) is 32.3 Å². The summed E-state index contributed by atoms with van der Waals surface area (Å²) in [4.78, 5) is 14.3. The normalized spacial score (nSPS) is 20.3. The Morgan fingerprint density at radius 2 is 2.00 bits per heavy atom. The van der Waals surface area contributed by atoms with Crippen LogP contribution in [0.25, 0.3) is 0 Å². The van der Waals surface area contributed by atoms with Crippen LogP contribution in [-0.4, -0.2) is 30.4 Å². The van der Waals surface area contributed by atoms with Gasteiger partial charge in [-0.3, -0.25) is 9.69 Å². The van der Waals surface area contributed by atoms with Crippen LogP contribution in [-0.2, 0) is 4.79 Å². The summed E-state index contributed by atoms with van der Waals surface area (Å²) < 4.78 is 0. The molecule has 3 heteroatoms. The number of nitrogens with one attached hydrogen (secondary N) is 1. The summed E-state index contributed by atoms with van der Waals surface area (Å²) in [6.07, 6.45) is 2.49. The Labute approximate surface area is 116 Å². The summed E-state index contributed by atoms with van der Waals surface area (Å²) in [5.74, 6) is 0.807. The van der Waals surface area contributed by atoms with Gasteiger partial charge in [-0.2, -0.15) is 0 Å². The zero-order chi connectivity index (χ0) is 13.8. The van der Waals surface area contributed by atoms with Crippen molar-refractivity contribution in [1.29, 1.82) is 0 Å². The van der Waals surface area contributed by atoms with Crippen molar-refractivity contribution in [2.75, 3.05) is 25.0 Å². The molecule has 1 amide bonds. The summed E-state index contributed by atoms with van der Waals surface area (Å²) in [5.41, 5.74) is 3.27. The van der Waals surface area contributed by atoms with Gasteiger partial charge in [-0.25, -0.2) is 0 Å². The van der Waals surface area contributed by atoms with Gasteiger partial charge < -0.3 is 5.32 Å². The second-order valence-electron chi connectivity index (χ2n) is 5.91. The fourth-order valence-electron chi connectivity index (χ4n) is 2.88. The minimum Gasteiger partial charge on any atom is -0.325 e. The highest BCUT2D eigenvalue weighted by Crippen LogP contribution is 2.16. The zero-order valence-corrected chi connectivity index (χ0v) is 12.2. The van der Waals surface area contributed by atoms with E-state index in [0.29, 0.717) is 12.5 Å². The molecule has 1 aliphatic rings. The Balaban J connectivity index is 1.90. The van der Waals surface area contributed by atoms with Crippen molar-refractivity contribution in [3.05, 3.63) is 29.3 Å². The maximum absolute atomic E-state index is 12.1. The van der Waals surface area contributed by atoms with Gasteiger partial charge >= 0.3 is 0 Å². The Morgan fingerprint density at radius 1 is 1.32 bits per heavy atom. The van der Waals surface area contributed by atoms with Gasteiger partial charge in [0.1, 0.15) is 0 Å². The van der Waals surface area contributed by atoms with E-state index in [9.17, 15) is 4.79 Å². The molecule has 0 aromatic heterocycles. The third-order valence-corrected chi connectivity index (χ3v) is 3.61. The fourth-order valence-corrected chi connectivity index (χ4v) is 2.88. The van der Waals surface area contributed by atoms with Gasteiger partial charge in [0.25, 0.3) is 0 Å². The summed E-state index contributed by atoms with van der Waals surface area (Å²) in [5, 5.41) is 3.01. The van der Waals surface area contributed by atoms with Crippen molar-refractivity contribution in [2.45, 2.75) is 33.6 Å². The lowest BCUT2D eigenvalue weighted by molar-refractivity contribution is -0.117. The third kappa shape index (κ3) is 4.35. The maximum Gasteiger partial charge on any atom is 0.238 e. The number of anilines is 1. The summed E-state index contributed by atoms with van der Waals surface area (Å²) in [7, 11) is 0. The highest BCUT2D eigenvalue weighted by Gasteiger charge is 2.18. The second kappa shape index (κ2) is 6.20. The molecule has 3 nitrogen and oxygen atoms in total. The third-order valence-electron chi connectivity index (χ3n) is 3.61. The van der Waals surface area contributed by atoms with E-state index in [-0.39, 0.29) is 5.91 Å². The number of amides is 1. The molecule has 104 valence electrons. The van der Waals surface area contributed by atoms with E-state index >= 15 is 0 Å². The van der Waals surface area contributed by atoms with Crippen LogP contribution in [0, 0.1) is 19.8 Å². The van der Waals surface area contributed by atoms with Gasteiger partial charge in [0, 0.05) is 12.2 Å². The number of aryl methyl sites for hydroxylation is 2. The molecule has 1 atom stereocenters. The molecule has 19 heavy (non-hydrogen) atoms. The molecule has 1 aliphatic heterocycles. The Hall–Kier alpha value is -1.35. The van der Waals surface area contributed by atoms with Crippen molar-refractivity contribution in [1.82, 2.24) is 4.90 Å². The summed E-state index contributed by atoms with van der Waals surface area (Å²) in [6.45, 7) is 8.96. The lowest BCUT2D eigenvalue weighted by Crippen LogP contribution is -2.39. The maximum atomic E-state index is 12.1. The van der Waals surface area contributed by atoms with E-state index in [1.54, 1.807) is 0 Å². The minimum atomic E-state index is 0.0964. The number of piperidine rings is 1. The second-order valence-corrected chi connectivity index (χ2v) is 5.91. The van der Waals surface area contributed by atoms with Crippen molar-refractivity contribution in [3.8, 4) is 0 Å². The molecule has 0 saturated carbocycles. The van der Waals surface area contributed by atoms with Gasteiger partial charge in [0.05, 0.1) is 6.54 Å². The van der Waals surface area contributed by atoms with Crippen LogP contribution >= 0.6 is 0 Å². The molecule has 0 bridgehead atoms. The van der Waals surface area contributed by atoms with Gasteiger partial charge in [-0.15, -0.1) is 0 Å². The van der Waals surface area contributed by atoms with Crippen molar-refractivity contribution in [2.24, 2.45) is 5.92 Å². The highest BCUT2D eigenvalue weighted by atomic mass is 16.2. The van der Waals surface area contributed by atoms with Crippen LogP contribution < -0.4 is 5.32 Å². The van der Waals surface area contributed by atoms with Gasteiger partial charge in [0.2, 0.25) is 5.91 Å². The van der Waals surface area contributed by atoms with Crippen molar-refractivity contribution in [3.63, 3.8) is 0 Å². The monoisotopic (exact) mass is 260 g/mol. The van der Waals surface area contributed by atoms with E-state index in [4.69, 9.17) is 0 Å². The first-order chi connectivity index (χ1) is 9.02. The van der Waals surface area contributed by atoms with Crippen LogP contribution in [0.3, 0.4) is 0 Å². The SMILES string of the molecule is Cc1cc(C)cc(NC(=O)CN2CCC[C@H](C)C2)c1. The predicted molar refractivity (Wildman–Crippen MR) is 79.4 cm³/mol. The van der Waals surface area contributed by atoms with Gasteiger partial charge in [-0.05, 0) is 62.4 Å². The van der Waals surface area contributed by atoms with Crippen LogP contribution in [0.5, 0.6) is 0 Å². The highest BCUT2D eigenvalue weighted by molar-refractivity contribution is 5.92. The molecule has 1 heterocycles. The molecule has 0 radical (unpaired) electrons. The van der Waals surface area contributed by atoms with Crippen LogP contribution in [0.2, 0.25) is 0 Å². The molecular weight excluding hydrogens is 236 g/mol. The Bertz CT molecular complexity index is 436. The van der Waals surface area contributed by atoms with Crippen molar-refractivity contribution < 1.29 is 4.79 Å². The first-order valence-corrected chi connectivity index (χ1v) is 7.13. The first-order valence-electron chi connectivity index (χ1n) is 7.13. The molecule has 1 saturated heterocycles. The quantitative estimate of drug-likeness (QED) is 0.906. The number of hydrogen-bond acceptors (Lipinski definition) is 2. The lowest BCUT2D eigenvalue weighted by atomic mass is 10.0. The fraction of sp³-hybridized carbons (Fsp3) is 0.562. The number of carbonyl (C=O) groups excluding carboxylic acids is 1. The number of hydrogen-bond donors (Lipinski definition) is 1. The summed E-state index contributed by atoms with van der Waals surface area (Å²) >= 11 is 0. The Kier molecular flexibility index (Phi) is 4.59. The van der Waals surface area contributed by atoms with E-state index in [0.717, 1.165) is 18.8 Å². The van der Waals surface area contributed by atoms with E-state index in [2.05, 4.69) is 37.1 Å². The average molecular weight is 260 g/mol. The predicted octanol–water partition coefficient (Wildman–Crippen LogP) is 2.97. The molecule has 2 rings (SSSR count). The zero-order valence-electron chi connectivity index (χ0n) is 12.2. The molecule has 0 unspecified atom stereocenters. The molecule has 0 spiro atoms. The van der Waals surface area contributed by atoms with E-state index < -0.39 is 0 Å². The number of rotatable bonds is 3. The minimum absolute atomic E-state index is 0.0964. The number of nitrogens with zero attached hydrogens (tertiary/aromatic N) is 1. The Morgan fingerprint density at radius 3 is 2.63 bits per heavy atom. The lowest BCUT2D eigenvalue weighted by Gasteiger charge is -2.30. The molecule has 1 aromatic carbocycles. The molecule has 1 aromatic rings.